The summed E-state index contributed by atoms with van der Waals surface area (Å²) in [5, 5.41) is 0. The first-order chi connectivity index (χ1) is 7.13. The van der Waals surface area contributed by atoms with Crippen molar-refractivity contribution in [3.05, 3.63) is 33.4 Å². The molecule has 1 amide bonds. The standard InChI is InChI=1S/C11H10INO2/c1-2-4-10(15-11(13)14)8-5-3-6-9(12)7-8/h1,3,5-7,10H,4H2,(H2,13,14). The number of terminal acetylenes is 1. The van der Waals surface area contributed by atoms with E-state index in [1.807, 2.05) is 24.3 Å². The van der Waals surface area contributed by atoms with Crippen molar-refractivity contribution in [2.45, 2.75) is 12.5 Å². The number of amides is 1. The van der Waals surface area contributed by atoms with Crippen LogP contribution in [0.1, 0.15) is 18.1 Å². The van der Waals surface area contributed by atoms with Crippen molar-refractivity contribution in [1.82, 2.24) is 0 Å². The van der Waals surface area contributed by atoms with Crippen LogP contribution in [-0.4, -0.2) is 6.09 Å². The first kappa shape index (κ1) is 11.9. The summed E-state index contributed by atoms with van der Waals surface area (Å²) in [6.45, 7) is 0. The number of rotatable bonds is 3. The van der Waals surface area contributed by atoms with Gasteiger partial charge in [-0.05, 0) is 40.3 Å². The first-order valence-corrected chi connectivity index (χ1v) is 5.36. The number of ether oxygens (including phenoxy) is 1. The third-order valence-corrected chi connectivity index (χ3v) is 2.45. The molecule has 2 N–H and O–H groups in total. The molecule has 4 heteroatoms. The second kappa shape index (κ2) is 5.61. The van der Waals surface area contributed by atoms with Gasteiger partial charge in [-0.2, -0.15) is 0 Å². The molecule has 0 aliphatic carbocycles. The lowest BCUT2D eigenvalue weighted by atomic mass is 10.1. The van der Waals surface area contributed by atoms with Crippen LogP contribution in [0.5, 0.6) is 0 Å². The summed E-state index contributed by atoms with van der Waals surface area (Å²) in [5.74, 6) is 2.46. The van der Waals surface area contributed by atoms with Crippen LogP contribution in [0.4, 0.5) is 4.79 Å². The van der Waals surface area contributed by atoms with E-state index in [1.165, 1.54) is 0 Å². The van der Waals surface area contributed by atoms with Crippen LogP contribution in [0, 0.1) is 15.9 Å². The van der Waals surface area contributed by atoms with Crippen molar-refractivity contribution < 1.29 is 9.53 Å². The lowest BCUT2D eigenvalue weighted by Gasteiger charge is -2.14. The minimum Gasteiger partial charge on any atom is -0.440 e. The lowest BCUT2D eigenvalue weighted by molar-refractivity contribution is 0.109. The Balaban J connectivity index is 2.89. The Morgan fingerprint density at radius 1 is 1.67 bits per heavy atom. The number of carbonyl (C=O) groups is 1. The van der Waals surface area contributed by atoms with Crippen LogP contribution < -0.4 is 5.73 Å². The van der Waals surface area contributed by atoms with Gasteiger partial charge in [-0.1, -0.05) is 12.1 Å². The number of primary amides is 1. The van der Waals surface area contributed by atoms with Crippen molar-refractivity contribution in [3.8, 4) is 12.3 Å². The highest BCUT2D eigenvalue weighted by Crippen LogP contribution is 2.22. The molecule has 3 nitrogen and oxygen atoms in total. The van der Waals surface area contributed by atoms with Gasteiger partial charge in [0.2, 0.25) is 0 Å². The molecule has 1 aromatic carbocycles. The van der Waals surface area contributed by atoms with Crippen molar-refractivity contribution in [2.75, 3.05) is 0 Å². The minimum absolute atomic E-state index is 0.322. The molecule has 0 spiro atoms. The molecule has 0 saturated heterocycles. The van der Waals surface area contributed by atoms with E-state index in [2.05, 4.69) is 28.5 Å². The van der Waals surface area contributed by atoms with E-state index >= 15 is 0 Å². The monoisotopic (exact) mass is 315 g/mol. The number of carbonyl (C=O) groups excluding carboxylic acids is 1. The molecule has 0 saturated carbocycles. The van der Waals surface area contributed by atoms with Crippen LogP contribution in [0.3, 0.4) is 0 Å². The molecule has 1 unspecified atom stereocenters. The third-order valence-electron chi connectivity index (χ3n) is 1.78. The third kappa shape index (κ3) is 3.80. The van der Waals surface area contributed by atoms with E-state index in [0.29, 0.717) is 6.42 Å². The van der Waals surface area contributed by atoms with Crippen LogP contribution >= 0.6 is 22.6 Å². The largest absolute Gasteiger partial charge is 0.440 e. The highest BCUT2D eigenvalue weighted by Gasteiger charge is 2.13. The van der Waals surface area contributed by atoms with Crippen molar-refractivity contribution in [1.29, 1.82) is 0 Å². The minimum atomic E-state index is -0.811. The molecule has 0 aliphatic heterocycles. The Bertz CT molecular complexity index is 398. The lowest BCUT2D eigenvalue weighted by Crippen LogP contribution is -2.17. The summed E-state index contributed by atoms with van der Waals surface area (Å²) in [5.41, 5.74) is 5.83. The summed E-state index contributed by atoms with van der Waals surface area (Å²) in [6.07, 6.45) is 4.25. The number of halogens is 1. The number of benzene rings is 1. The topological polar surface area (TPSA) is 52.3 Å². The van der Waals surface area contributed by atoms with Gasteiger partial charge in [-0.3, -0.25) is 0 Å². The van der Waals surface area contributed by atoms with Crippen molar-refractivity contribution in [3.63, 3.8) is 0 Å². The van der Waals surface area contributed by atoms with Crippen LogP contribution in [0.25, 0.3) is 0 Å². The molecular formula is C11H10INO2. The van der Waals surface area contributed by atoms with Gasteiger partial charge in [0, 0.05) is 3.57 Å². The molecule has 0 aromatic heterocycles. The fourth-order valence-electron chi connectivity index (χ4n) is 1.18. The maximum atomic E-state index is 10.7. The Morgan fingerprint density at radius 2 is 2.40 bits per heavy atom. The maximum Gasteiger partial charge on any atom is 0.405 e. The van der Waals surface area contributed by atoms with E-state index < -0.39 is 12.2 Å². The van der Waals surface area contributed by atoms with Crippen LogP contribution in [0.2, 0.25) is 0 Å². The summed E-state index contributed by atoms with van der Waals surface area (Å²) >= 11 is 2.18. The van der Waals surface area contributed by atoms with Gasteiger partial charge >= 0.3 is 6.09 Å². The zero-order valence-corrected chi connectivity index (χ0v) is 10.1. The van der Waals surface area contributed by atoms with Gasteiger partial charge < -0.3 is 10.5 Å². The zero-order valence-electron chi connectivity index (χ0n) is 7.94. The van der Waals surface area contributed by atoms with E-state index in [-0.39, 0.29) is 0 Å². The molecule has 0 aliphatic rings. The molecule has 0 bridgehead atoms. The Kier molecular flexibility index (Phi) is 4.43. The second-order valence-electron chi connectivity index (χ2n) is 2.89. The van der Waals surface area contributed by atoms with Gasteiger partial charge in [0.1, 0.15) is 6.10 Å². The summed E-state index contributed by atoms with van der Waals surface area (Å²) in [4.78, 5) is 10.7. The molecular weight excluding hydrogens is 305 g/mol. The van der Waals surface area contributed by atoms with Gasteiger partial charge in [0.25, 0.3) is 0 Å². The number of hydrogen-bond acceptors (Lipinski definition) is 2. The second-order valence-corrected chi connectivity index (χ2v) is 4.13. The zero-order chi connectivity index (χ0) is 11.3. The highest BCUT2D eigenvalue weighted by atomic mass is 127. The number of nitrogens with two attached hydrogens (primary N) is 1. The van der Waals surface area contributed by atoms with Gasteiger partial charge in [0.05, 0.1) is 6.42 Å². The molecule has 1 rings (SSSR count). The van der Waals surface area contributed by atoms with E-state index in [0.717, 1.165) is 9.13 Å². The van der Waals surface area contributed by atoms with Gasteiger partial charge in [0.15, 0.2) is 0 Å². The van der Waals surface area contributed by atoms with Crippen LogP contribution in [-0.2, 0) is 4.74 Å². The van der Waals surface area contributed by atoms with Crippen molar-refractivity contribution in [2.24, 2.45) is 5.73 Å². The molecule has 0 radical (unpaired) electrons. The molecule has 1 atom stereocenters. The predicted molar refractivity (Wildman–Crippen MR) is 66.0 cm³/mol. The molecule has 0 fully saturated rings. The SMILES string of the molecule is C#CCC(OC(N)=O)c1cccc(I)c1. The Morgan fingerprint density at radius 3 is 2.93 bits per heavy atom. The smallest absolute Gasteiger partial charge is 0.405 e. The fourth-order valence-corrected chi connectivity index (χ4v) is 1.75. The quantitative estimate of drug-likeness (QED) is 0.688. The maximum absolute atomic E-state index is 10.7. The normalized spacial score (nSPS) is 11.5. The average molecular weight is 315 g/mol. The average Bonchev–Trinajstić information content (AvgIpc) is 2.16. The Hall–Kier alpha value is -1.22. The number of hydrogen-bond donors (Lipinski definition) is 1. The molecule has 0 heterocycles. The summed E-state index contributed by atoms with van der Waals surface area (Å²) in [6, 6.07) is 7.59. The van der Waals surface area contributed by atoms with Gasteiger partial charge in [-0.15, -0.1) is 12.3 Å². The van der Waals surface area contributed by atoms with E-state index in [1.54, 1.807) is 0 Å². The summed E-state index contributed by atoms with van der Waals surface area (Å²) < 4.78 is 5.98. The molecule has 15 heavy (non-hydrogen) atoms. The van der Waals surface area contributed by atoms with Crippen LogP contribution in [0.15, 0.2) is 24.3 Å². The first-order valence-electron chi connectivity index (χ1n) is 4.28. The molecule has 78 valence electrons. The fraction of sp³-hybridized carbons (Fsp3) is 0.182. The highest BCUT2D eigenvalue weighted by molar-refractivity contribution is 14.1. The van der Waals surface area contributed by atoms with E-state index in [9.17, 15) is 4.79 Å². The van der Waals surface area contributed by atoms with Gasteiger partial charge in [-0.25, -0.2) is 4.79 Å². The molecule has 1 aromatic rings. The predicted octanol–water partition coefficient (Wildman–Crippen LogP) is 2.45. The van der Waals surface area contributed by atoms with E-state index in [4.69, 9.17) is 16.9 Å². The Labute approximate surface area is 102 Å². The summed E-state index contributed by atoms with van der Waals surface area (Å²) in [7, 11) is 0. The van der Waals surface area contributed by atoms with Crippen molar-refractivity contribution >= 4 is 28.7 Å².